The van der Waals surface area contributed by atoms with Crippen LogP contribution in [0.4, 0.5) is 5.82 Å². The summed E-state index contributed by atoms with van der Waals surface area (Å²) in [4.78, 5) is 0. The minimum atomic E-state index is 0.230. The first-order valence-electron chi connectivity index (χ1n) is 6.88. The number of rotatable bonds is 4. The summed E-state index contributed by atoms with van der Waals surface area (Å²) in [6, 6.07) is 8.28. The molecule has 0 fully saturated rings. The van der Waals surface area contributed by atoms with Gasteiger partial charge in [-0.25, -0.2) is 0 Å². The van der Waals surface area contributed by atoms with Crippen molar-refractivity contribution >= 4 is 16.6 Å². The summed E-state index contributed by atoms with van der Waals surface area (Å²) in [5.74, 6) is 1.50. The molecule has 0 aliphatic carbocycles. The first-order chi connectivity index (χ1) is 8.92. The number of anilines is 1. The number of aromatic nitrogens is 2. The van der Waals surface area contributed by atoms with E-state index in [9.17, 15) is 0 Å². The van der Waals surface area contributed by atoms with Gasteiger partial charge in [0.1, 0.15) is 0 Å². The van der Waals surface area contributed by atoms with Crippen LogP contribution in [0.5, 0.6) is 0 Å². The fourth-order valence-electron chi connectivity index (χ4n) is 1.88. The molecule has 19 heavy (non-hydrogen) atoms. The van der Waals surface area contributed by atoms with Crippen molar-refractivity contribution in [2.75, 3.05) is 11.9 Å². The third-order valence-corrected chi connectivity index (χ3v) is 4.15. The lowest BCUT2D eigenvalue weighted by molar-refractivity contribution is 0.269. The van der Waals surface area contributed by atoms with Gasteiger partial charge in [-0.15, -0.1) is 5.10 Å². The second kappa shape index (κ2) is 5.16. The molecule has 0 saturated heterocycles. The standard InChI is InChI=1S/C16H23N3/c1-11(2)16(4,5)10-17-15-14-9-7-6-8-13(14)12(3)18-19-15/h6-9,11H,10H2,1-5H3,(H,17,19). The van der Waals surface area contributed by atoms with Crippen molar-refractivity contribution in [3.8, 4) is 0 Å². The number of benzene rings is 1. The normalized spacial score (nSPS) is 12.1. The van der Waals surface area contributed by atoms with Crippen molar-refractivity contribution in [1.82, 2.24) is 10.2 Å². The maximum Gasteiger partial charge on any atom is 0.156 e. The van der Waals surface area contributed by atoms with Gasteiger partial charge in [0, 0.05) is 17.3 Å². The van der Waals surface area contributed by atoms with E-state index >= 15 is 0 Å². The summed E-state index contributed by atoms with van der Waals surface area (Å²) in [5, 5.41) is 14.3. The largest absolute Gasteiger partial charge is 0.368 e. The van der Waals surface area contributed by atoms with Crippen LogP contribution in [0.1, 0.15) is 33.4 Å². The van der Waals surface area contributed by atoms with E-state index in [1.54, 1.807) is 0 Å². The Morgan fingerprint density at radius 1 is 1.11 bits per heavy atom. The van der Waals surface area contributed by atoms with Crippen LogP contribution in [0.25, 0.3) is 10.8 Å². The molecule has 0 aliphatic rings. The maximum absolute atomic E-state index is 4.31. The summed E-state index contributed by atoms with van der Waals surface area (Å²) in [5.41, 5.74) is 1.21. The fourth-order valence-corrected chi connectivity index (χ4v) is 1.88. The van der Waals surface area contributed by atoms with Crippen molar-refractivity contribution in [3.05, 3.63) is 30.0 Å². The van der Waals surface area contributed by atoms with Crippen LogP contribution in [0.2, 0.25) is 0 Å². The molecular weight excluding hydrogens is 234 g/mol. The molecule has 2 rings (SSSR count). The smallest absolute Gasteiger partial charge is 0.156 e. The highest BCUT2D eigenvalue weighted by atomic mass is 15.2. The van der Waals surface area contributed by atoms with Gasteiger partial charge in [0.15, 0.2) is 5.82 Å². The first kappa shape index (κ1) is 13.8. The van der Waals surface area contributed by atoms with E-state index in [1.807, 2.05) is 19.1 Å². The molecule has 0 saturated carbocycles. The molecule has 102 valence electrons. The molecule has 0 radical (unpaired) electrons. The van der Waals surface area contributed by atoms with Gasteiger partial charge in [-0.3, -0.25) is 0 Å². The number of aryl methyl sites for hydroxylation is 1. The van der Waals surface area contributed by atoms with Gasteiger partial charge in [0.25, 0.3) is 0 Å². The Kier molecular flexibility index (Phi) is 3.74. The molecule has 2 aromatic rings. The number of nitrogens with one attached hydrogen (secondary N) is 1. The number of fused-ring (bicyclic) bond motifs is 1. The summed E-state index contributed by atoms with van der Waals surface area (Å²) >= 11 is 0. The van der Waals surface area contributed by atoms with Gasteiger partial charge in [0.05, 0.1) is 5.69 Å². The van der Waals surface area contributed by atoms with Crippen LogP contribution in [0.15, 0.2) is 24.3 Å². The lowest BCUT2D eigenvalue weighted by Gasteiger charge is -2.29. The summed E-state index contributed by atoms with van der Waals surface area (Å²) in [6.45, 7) is 11.9. The maximum atomic E-state index is 4.31. The van der Waals surface area contributed by atoms with Crippen molar-refractivity contribution in [3.63, 3.8) is 0 Å². The molecule has 1 aromatic carbocycles. The SMILES string of the molecule is Cc1nnc(NCC(C)(C)C(C)C)c2ccccc12. The fraction of sp³-hybridized carbons (Fsp3) is 0.500. The lowest BCUT2D eigenvalue weighted by Crippen LogP contribution is -2.29. The molecular formula is C16H23N3. The van der Waals surface area contributed by atoms with E-state index in [2.05, 4.69) is 55.3 Å². The van der Waals surface area contributed by atoms with Crippen molar-refractivity contribution in [2.45, 2.75) is 34.6 Å². The van der Waals surface area contributed by atoms with Gasteiger partial charge in [0.2, 0.25) is 0 Å². The predicted molar refractivity (Wildman–Crippen MR) is 81.4 cm³/mol. The predicted octanol–water partition coefficient (Wildman–Crippen LogP) is 4.03. The highest BCUT2D eigenvalue weighted by Gasteiger charge is 2.22. The highest BCUT2D eigenvalue weighted by molar-refractivity contribution is 5.92. The minimum Gasteiger partial charge on any atom is -0.368 e. The molecule has 0 spiro atoms. The van der Waals surface area contributed by atoms with Crippen LogP contribution in [-0.2, 0) is 0 Å². The Balaban J connectivity index is 2.29. The van der Waals surface area contributed by atoms with Crippen molar-refractivity contribution in [2.24, 2.45) is 11.3 Å². The van der Waals surface area contributed by atoms with Crippen molar-refractivity contribution < 1.29 is 0 Å². The monoisotopic (exact) mass is 257 g/mol. The summed E-state index contributed by atoms with van der Waals surface area (Å²) in [6.07, 6.45) is 0. The van der Waals surface area contributed by atoms with E-state index in [0.29, 0.717) is 5.92 Å². The number of nitrogens with zero attached hydrogens (tertiary/aromatic N) is 2. The molecule has 0 unspecified atom stereocenters. The number of hydrogen-bond donors (Lipinski definition) is 1. The molecule has 1 N–H and O–H groups in total. The zero-order valence-corrected chi connectivity index (χ0v) is 12.5. The Bertz CT molecular complexity index is 573. The molecule has 3 nitrogen and oxygen atoms in total. The summed E-state index contributed by atoms with van der Waals surface area (Å²) < 4.78 is 0. The van der Waals surface area contributed by atoms with Gasteiger partial charge >= 0.3 is 0 Å². The Morgan fingerprint density at radius 3 is 2.37 bits per heavy atom. The van der Waals surface area contributed by atoms with E-state index in [-0.39, 0.29) is 5.41 Å². The van der Waals surface area contributed by atoms with Crippen LogP contribution in [0, 0.1) is 18.3 Å². The zero-order chi connectivity index (χ0) is 14.0. The third kappa shape index (κ3) is 2.86. The minimum absolute atomic E-state index is 0.230. The van der Waals surface area contributed by atoms with Gasteiger partial charge < -0.3 is 5.32 Å². The van der Waals surface area contributed by atoms with Gasteiger partial charge in [-0.05, 0) is 18.3 Å². The van der Waals surface area contributed by atoms with E-state index in [4.69, 9.17) is 0 Å². The van der Waals surface area contributed by atoms with Crippen LogP contribution < -0.4 is 5.32 Å². The van der Waals surface area contributed by atoms with E-state index in [1.165, 1.54) is 5.39 Å². The molecule has 0 atom stereocenters. The quantitative estimate of drug-likeness (QED) is 0.898. The topological polar surface area (TPSA) is 37.8 Å². The lowest BCUT2D eigenvalue weighted by atomic mass is 9.81. The van der Waals surface area contributed by atoms with E-state index in [0.717, 1.165) is 23.4 Å². The van der Waals surface area contributed by atoms with Crippen LogP contribution >= 0.6 is 0 Å². The molecule has 1 heterocycles. The average molecular weight is 257 g/mol. The zero-order valence-electron chi connectivity index (χ0n) is 12.5. The molecule has 0 bridgehead atoms. The van der Waals surface area contributed by atoms with Gasteiger partial charge in [-0.1, -0.05) is 52.0 Å². The average Bonchev–Trinajstić information content (AvgIpc) is 2.38. The van der Waals surface area contributed by atoms with E-state index < -0.39 is 0 Å². The Hall–Kier alpha value is -1.64. The summed E-state index contributed by atoms with van der Waals surface area (Å²) in [7, 11) is 0. The van der Waals surface area contributed by atoms with Crippen LogP contribution in [-0.4, -0.2) is 16.7 Å². The second-order valence-corrected chi connectivity index (χ2v) is 6.18. The first-order valence-corrected chi connectivity index (χ1v) is 6.88. The molecule has 1 aromatic heterocycles. The second-order valence-electron chi connectivity index (χ2n) is 6.18. The molecule has 3 heteroatoms. The Labute approximate surface area is 115 Å². The number of hydrogen-bond acceptors (Lipinski definition) is 3. The molecule has 0 aliphatic heterocycles. The Morgan fingerprint density at radius 2 is 1.74 bits per heavy atom. The van der Waals surface area contributed by atoms with Crippen LogP contribution in [0.3, 0.4) is 0 Å². The van der Waals surface area contributed by atoms with Crippen molar-refractivity contribution in [1.29, 1.82) is 0 Å². The molecule has 0 amide bonds. The highest BCUT2D eigenvalue weighted by Crippen LogP contribution is 2.28. The van der Waals surface area contributed by atoms with Gasteiger partial charge in [-0.2, -0.15) is 5.10 Å². The third-order valence-electron chi connectivity index (χ3n) is 4.15.